The van der Waals surface area contributed by atoms with E-state index in [2.05, 4.69) is 37.8 Å². The van der Waals surface area contributed by atoms with Gasteiger partial charge in [0, 0.05) is 12.8 Å². The molecule has 4 nitrogen and oxygen atoms in total. The fourth-order valence-corrected chi connectivity index (χ4v) is 2.44. The highest BCUT2D eigenvalue weighted by Gasteiger charge is 2.17. The molecule has 13 heavy (non-hydrogen) atoms. The van der Waals surface area contributed by atoms with E-state index in [0.29, 0.717) is 6.04 Å². The van der Waals surface area contributed by atoms with Crippen LogP contribution in [0.25, 0.3) is 0 Å². The first-order valence-electron chi connectivity index (χ1n) is 3.92. The van der Waals surface area contributed by atoms with Gasteiger partial charge in [-0.3, -0.25) is 0 Å². The van der Waals surface area contributed by atoms with E-state index in [-0.39, 0.29) is 0 Å². The van der Waals surface area contributed by atoms with Crippen molar-refractivity contribution in [1.82, 2.24) is 20.3 Å². The average molecular weight is 265 g/mol. The summed E-state index contributed by atoms with van der Waals surface area (Å²) in [5.41, 5.74) is 1.09. The van der Waals surface area contributed by atoms with E-state index in [1.54, 1.807) is 16.4 Å². The van der Waals surface area contributed by atoms with Crippen LogP contribution in [0.2, 0.25) is 0 Å². The molecule has 1 aromatic rings. The lowest BCUT2D eigenvalue weighted by Gasteiger charge is -2.14. The molecule has 0 aliphatic heterocycles. The number of nitrogens with one attached hydrogen (secondary N) is 1. The number of nitrogens with zero attached hydrogens (tertiary/aromatic N) is 3. The maximum Gasteiger partial charge on any atom is 0.153 e. The van der Waals surface area contributed by atoms with Crippen LogP contribution in [-0.4, -0.2) is 34.1 Å². The first-order valence-corrected chi connectivity index (χ1v) is 6.10. The van der Waals surface area contributed by atoms with Gasteiger partial charge in [0.15, 0.2) is 4.60 Å². The molecule has 1 aromatic heterocycles. The molecule has 0 fully saturated rings. The summed E-state index contributed by atoms with van der Waals surface area (Å²) in [6.45, 7) is 0. The van der Waals surface area contributed by atoms with Crippen LogP contribution < -0.4 is 5.32 Å². The van der Waals surface area contributed by atoms with Crippen LogP contribution in [-0.2, 0) is 7.05 Å². The Hall–Kier alpha value is -0.0700. The monoisotopic (exact) mass is 264 g/mol. The Labute approximate surface area is 90.6 Å². The third-order valence-corrected chi connectivity index (χ3v) is 3.07. The van der Waals surface area contributed by atoms with Crippen molar-refractivity contribution in [3.63, 3.8) is 0 Å². The van der Waals surface area contributed by atoms with Crippen LogP contribution in [0.4, 0.5) is 0 Å². The maximum absolute atomic E-state index is 3.95. The van der Waals surface area contributed by atoms with Crippen molar-refractivity contribution in [2.45, 2.75) is 6.04 Å². The number of aromatic nitrogens is 3. The molecule has 1 atom stereocenters. The lowest BCUT2D eigenvalue weighted by atomic mass is 10.2. The summed E-state index contributed by atoms with van der Waals surface area (Å²) >= 11 is 5.18. The molecular weight excluding hydrogens is 252 g/mol. The predicted octanol–water partition coefficient (Wildman–Crippen LogP) is 1.20. The smallest absolute Gasteiger partial charge is 0.153 e. The molecule has 0 bridgehead atoms. The quantitative estimate of drug-likeness (QED) is 0.888. The number of halogens is 1. The van der Waals surface area contributed by atoms with E-state index in [0.717, 1.165) is 16.0 Å². The Balaban J connectivity index is 2.89. The van der Waals surface area contributed by atoms with Gasteiger partial charge in [0.25, 0.3) is 0 Å². The minimum absolute atomic E-state index is 0.296. The van der Waals surface area contributed by atoms with Crippen molar-refractivity contribution in [2.24, 2.45) is 7.05 Å². The molecule has 0 saturated heterocycles. The van der Waals surface area contributed by atoms with Crippen molar-refractivity contribution in [3.05, 3.63) is 10.3 Å². The van der Waals surface area contributed by atoms with Gasteiger partial charge in [-0.1, -0.05) is 5.21 Å². The Morgan fingerprint density at radius 2 is 2.38 bits per heavy atom. The number of hydrogen-bond donors (Lipinski definition) is 1. The standard InChI is InChI=1S/C7H13BrN4S/c1-9-5(4-13-3)6-7(8)10-11-12(6)2/h5,9H,4H2,1-3H3. The molecular formula is C7H13BrN4S. The van der Waals surface area contributed by atoms with Crippen molar-refractivity contribution in [1.29, 1.82) is 0 Å². The minimum Gasteiger partial charge on any atom is -0.311 e. The molecule has 1 heterocycles. The molecule has 0 radical (unpaired) electrons. The van der Waals surface area contributed by atoms with Gasteiger partial charge in [0.2, 0.25) is 0 Å². The average Bonchev–Trinajstić information content (AvgIpc) is 2.43. The molecule has 0 saturated carbocycles. The van der Waals surface area contributed by atoms with Gasteiger partial charge in [-0.2, -0.15) is 11.8 Å². The lowest BCUT2D eigenvalue weighted by molar-refractivity contribution is 0.579. The van der Waals surface area contributed by atoms with Gasteiger partial charge in [0.1, 0.15) is 0 Å². The van der Waals surface area contributed by atoms with Gasteiger partial charge >= 0.3 is 0 Å². The van der Waals surface area contributed by atoms with Crippen molar-refractivity contribution in [2.75, 3.05) is 19.1 Å². The molecule has 0 spiro atoms. The fourth-order valence-electron chi connectivity index (χ4n) is 1.17. The Bertz CT molecular complexity index is 256. The Kier molecular flexibility index (Phi) is 4.21. The van der Waals surface area contributed by atoms with E-state index in [4.69, 9.17) is 0 Å². The van der Waals surface area contributed by atoms with Crippen LogP contribution in [0.3, 0.4) is 0 Å². The summed E-state index contributed by atoms with van der Waals surface area (Å²) < 4.78 is 2.62. The summed E-state index contributed by atoms with van der Waals surface area (Å²) in [5, 5.41) is 11.1. The summed E-state index contributed by atoms with van der Waals surface area (Å²) in [6, 6.07) is 0.296. The molecule has 1 unspecified atom stereocenters. The number of hydrogen-bond acceptors (Lipinski definition) is 4. The van der Waals surface area contributed by atoms with Crippen molar-refractivity contribution in [3.8, 4) is 0 Å². The second-order valence-corrected chi connectivity index (χ2v) is 4.35. The number of aryl methyl sites for hydroxylation is 1. The van der Waals surface area contributed by atoms with Gasteiger partial charge < -0.3 is 5.32 Å². The van der Waals surface area contributed by atoms with Gasteiger partial charge in [-0.15, -0.1) is 5.10 Å². The SMILES string of the molecule is CNC(CSC)c1c(Br)nnn1C. The van der Waals surface area contributed by atoms with Crippen LogP contribution >= 0.6 is 27.7 Å². The summed E-state index contributed by atoms with van der Waals surface area (Å²) in [7, 11) is 3.85. The van der Waals surface area contributed by atoms with Crippen molar-refractivity contribution < 1.29 is 0 Å². The summed E-state index contributed by atoms with van der Waals surface area (Å²) in [4.78, 5) is 0. The third kappa shape index (κ3) is 2.45. The number of thioether (sulfide) groups is 1. The van der Waals surface area contributed by atoms with Crippen LogP contribution in [0.5, 0.6) is 0 Å². The molecule has 0 aliphatic rings. The highest BCUT2D eigenvalue weighted by atomic mass is 79.9. The van der Waals surface area contributed by atoms with E-state index in [1.165, 1.54) is 0 Å². The molecule has 1 N–H and O–H groups in total. The third-order valence-electron chi connectivity index (χ3n) is 1.84. The first kappa shape index (κ1) is 11.0. The summed E-state index contributed by atoms with van der Waals surface area (Å²) in [5.74, 6) is 1.01. The zero-order valence-electron chi connectivity index (χ0n) is 7.91. The Morgan fingerprint density at radius 1 is 1.69 bits per heavy atom. The van der Waals surface area contributed by atoms with Crippen LogP contribution in [0.15, 0.2) is 4.60 Å². The molecule has 0 aromatic carbocycles. The second kappa shape index (κ2) is 4.97. The lowest BCUT2D eigenvalue weighted by Crippen LogP contribution is -2.21. The number of rotatable bonds is 4. The van der Waals surface area contributed by atoms with Gasteiger partial charge in [-0.05, 0) is 29.2 Å². The Morgan fingerprint density at radius 3 is 2.77 bits per heavy atom. The fraction of sp³-hybridized carbons (Fsp3) is 0.714. The highest BCUT2D eigenvalue weighted by molar-refractivity contribution is 9.10. The summed E-state index contributed by atoms with van der Waals surface area (Å²) in [6.07, 6.45) is 2.09. The molecule has 74 valence electrons. The van der Waals surface area contributed by atoms with E-state index >= 15 is 0 Å². The normalized spacial score (nSPS) is 13.2. The van der Waals surface area contributed by atoms with Crippen LogP contribution in [0.1, 0.15) is 11.7 Å². The minimum atomic E-state index is 0.296. The maximum atomic E-state index is 3.95. The molecule has 0 amide bonds. The topological polar surface area (TPSA) is 42.7 Å². The highest BCUT2D eigenvalue weighted by Crippen LogP contribution is 2.22. The zero-order chi connectivity index (χ0) is 9.84. The van der Waals surface area contributed by atoms with E-state index in [9.17, 15) is 0 Å². The molecule has 6 heteroatoms. The molecule has 0 aliphatic carbocycles. The second-order valence-electron chi connectivity index (χ2n) is 2.69. The molecule has 1 rings (SSSR count). The van der Waals surface area contributed by atoms with Crippen molar-refractivity contribution >= 4 is 27.7 Å². The predicted molar refractivity (Wildman–Crippen MR) is 58.9 cm³/mol. The van der Waals surface area contributed by atoms with Gasteiger partial charge in [0.05, 0.1) is 11.7 Å². The van der Waals surface area contributed by atoms with Gasteiger partial charge in [-0.25, -0.2) is 4.68 Å². The van der Waals surface area contributed by atoms with Crippen LogP contribution in [0, 0.1) is 0 Å². The van der Waals surface area contributed by atoms with E-state index in [1.807, 2.05) is 14.1 Å². The first-order chi connectivity index (χ1) is 6.20. The zero-order valence-corrected chi connectivity index (χ0v) is 10.3. The largest absolute Gasteiger partial charge is 0.311 e. The van der Waals surface area contributed by atoms with E-state index < -0.39 is 0 Å².